The van der Waals surface area contributed by atoms with E-state index < -0.39 is 38.7 Å². The smallest absolute Gasteiger partial charge is 0.244 e. The number of hydrogen-bond donors (Lipinski definition) is 2. The number of likely N-dealkylation sites (tertiary alicyclic amines) is 1. The monoisotopic (exact) mass is 580 g/mol. The van der Waals surface area contributed by atoms with E-state index in [1.807, 2.05) is 56.3 Å². The summed E-state index contributed by atoms with van der Waals surface area (Å²) < 4.78 is 42.1. The summed E-state index contributed by atoms with van der Waals surface area (Å²) in [7, 11) is -4.33. The minimum Gasteiger partial charge on any atom is -0.345 e. The molecule has 0 saturated carbocycles. The van der Waals surface area contributed by atoms with E-state index in [1.165, 1.54) is 17.0 Å². The molecule has 0 spiro atoms. The van der Waals surface area contributed by atoms with Crippen LogP contribution in [0.4, 0.5) is 4.39 Å². The fourth-order valence-corrected chi connectivity index (χ4v) is 6.00. The molecule has 41 heavy (non-hydrogen) atoms. The third-order valence-corrected chi connectivity index (χ3v) is 8.29. The van der Waals surface area contributed by atoms with E-state index in [2.05, 4.69) is 15.0 Å². The summed E-state index contributed by atoms with van der Waals surface area (Å²) in [4.78, 5) is 44.3. The molecule has 9 nitrogen and oxygen atoms in total. The first-order valence-electron chi connectivity index (χ1n) is 13.4. The predicted octanol–water partition coefficient (Wildman–Crippen LogP) is 3.11. The van der Waals surface area contributed by atoms with Crippen LogP contribution in [0.5, 0.6) is 0 Å². The van der Waals surface area contributed by atoms with Gasteiger partial charge in [-0.3, -0.25) is 19.4 Å². The van der Waals surface area contributed by atoms with Crippen LogP contribution in [0.3, 0.4) is 0 Å². The maximum Gasteiger partial charge on any atom is 0.244 e. The molecule has 2 amide bonds. The molecule has 2 aromatic carbocycles. The number of pyridine rings is 1. The van der Waals surface area contributed by atoms with Crippen molar-refractivity contribution in [2.45, 2.75) is 50.1 Å². The minimum atomic E-state index is -4.33. The third-order valence-electron chi connectivity index (χ3n) is 6.78. The number of carbonyl (C=O) groups is 3. The van der Waals surface area contributed by atoms with Crippen molar-refractivity contribution >= 4 is 27.6 Å². The Kier molecular flexibility index (Phi) is 9.61. The van der Waals surface area contributed by atoms with Gasteiger partial charge in [-0.1, -0.05) is 50.2 Å². The molecule has 0 aliphatic carbocycles. The Morgan fingerprint density at radius 2 is 1.83 bits per heavy atom. The Morgan fingerprint density at radius 3 is 2.51 bits per heavy atom. The predicted molar refractivity (Wildman–Crippen MR) is 151 cm³/mol. The Labute approximate surface area is 239 Å². The van der Waals surface area contributed by atoms with Crippen molar-refractivity contribution in [3.8, 4) is 11.3 Å². The zero-order valence-electron chi connectivity index (χ0n) is 22.9. The topological polar surface area (TPSA) is 126 Å². The molecule has 1 aliphatic rings. The van der Waals surface area contributed by atoms with Gasteiger partial charge in [0.1, 0.15) is 16.8 Å². The molecule has 2 atom stereocenters. The molecule has 216 valence electrons. The van der Waals surface area contributed by atoms with Crippen molar-refractivity contribution in [3.63, 3.8) is 0 Å². The molecule has 0 bridgehead atoms. The molecular formula is C30H33FN4O5S. The van der Waals surface area contributed by atoms with Crippen molar-refractivity contribution in [1.82, 2.24) is 19.9 Å². The highest BCUT2D eigenvalue weighted by Gasteiger charge is 2.34. The number of benzene rings is 2. The second kappa shape index (κ2) is 13.1. The van der Waals surface area contributed by atoms with Gasteiger partial charge in [-0.15, -0.1) is 0 Å². The molecule has 1 aromatic heterocycles. The number of sulfonamides is 1. The second-order valence-corrected chi connectivity index (χ2v) is 12.1. The van der Waals surface area contributed by atoms with Crippen LogP contribution in [-0.2, 0) is 30.8 Å². The van der Waals surface area contributed by atoms with Gasteiger partial charge in [-0.05, 0) is 54.7 Å². The highest BCUT2D eigenvalue weighted by atomic mass is 32.2. The molecule has 4 rings (SSSR count). The average molecular weight is 581 g/mol. The maximum absolute atomic E-state index is 14.2. The van der Waals surface area contributed by atoms with Crippen LogP contribution in [0.15, 0.2) is 77.8 Å². The Bertz CT molecular complexity index is 1510. The normalized spacial score (nSPS) is 16.4. The van der Waals surface area contributed by atoms with Crippen molar-refractivity contribution in [3.05, 3.63) is 84.3 Å². The molecular weight excluding hydrogens is 547 g/mol. The number of aromatic nitrogens is 1. The van der Waals surface area contributed by atoms with E-state index in [9.17, 15) is 27.2 Å². The molecule has 1 saturated heterocycles. The van der Waals surface area contributed by atoms with Crippen LogP contribution in [0.2, 0.25) is 0 Å². The summed E-state index contributed by atoms with van der Waals surface area (Å²) in [6.07, 6.45) is 2.14. The van der Waals surface area contributed by atoms with Gasteiger partial charge in [0.2, 0.25) is 21.8 Å². The number of rotatable bonds is 10. The Balaban J connectivity index is 1.37. The van der Waals surface area contributed by atoms with E-state index in [4.69, 9.17) is 0 Å². The van der Waals surface area contributed by atoms with Crippen LogP contribution in [-0.4, -0.2) is 61.1 Å². The first-order chi connectivity index (χ1) is 19.5. The van der Waals surface area contributed by atoms with Gasteiger partial charge in [0.15, 0.2) is 5.78 Å². The van der Waals surface area contributed by atoms with Crippen LogP contribution >= 0.6 is 0 Å². The Morgan fingerprint density at radius 1 is 1.07 bits per heavy atom. The number of halogens is 1. The minimum absolute atomic E-state index is 0.0691. The van der Waals surface area contributed by atoms with Crippen LogP contribution in [0.25, 0.3) is 11.3 Å². The maximum atomic E-state index is 14.2. The van der Waals surface area contributed by atoms with E-state index in [0.717, 1.165) is 29.0 Å². The number of ketones is 1. The number of nitrogens with one attached hydrogen (secondary N) is 2. The molecule has 1 unspecified atom stereocenters. The molecule has 3 aromatic rings. The number of Topliss-reactive ketones (excluding diaryl/α,β-unsaturated/α-hetero) is 1. The van der Waals surface area contributed by atoms with Crippen molar-refractivity contribution in [1.29, 1.82) is 0 Å². The van der Waals surface area contributed by atoms with Crippen LogP contribution < -0.4 is 10.0 Å². The number of nitrogens with zero attached hydrogens (tertiary/aromatic N) is 2. The molecule has 0 radical (unpaired) electrons. The second-order valence-electron chi connectivity index (χ2n) is 10.5. The highest BCUT2D eigenvalue weighted by molar-refractivity contribution is 7.89. The van der Waals surface area contributed by atoms with Gasteiger partial charge in [0.05, 0.1) is 24.7 Å². The summed E-state index contributed by atoms with van der Waals surface area (Å²) in [5, 5.41) is 2.64. The molecule has 2 heterocycles. The summed E-state index contributed by atoms with van der Waals surface area (Å²) in [6.45, 7) is 3.72. The van der Waals surface area contributed by atoms with E-state index in [0.29, 0.717) is 0 Å². The summed E-state index contributed by atoms with van der Waals surface area (Å²) >= 11 is 0. The average Bonchev–Trinajstić information content (AvgIpc) is 2.94. The van der Waals surface area contributed by atoms with E-state index >= 15 is 0 Å². The number of hydrogen-bond acceptors (Lipinski definition) is 6. The highest BCUT2D eigenvalue weighted by Crippen LogP contribution is 2.20. The lowest BCUT2D eigenvalue weighted by atomic mass is 9.99. The number of carbonyl (C=O) groups excluding carboxylic acids is 3. The lowest BCUT2D eigenvalue weighted by Gasteiger charge is -2.32. The van der Waals surface area contributed by atoms with Crippen LogP contribution in [0.1, 0.15) is 32.3 Å². The fraction of sp³-hybridized carbons (Fsp3) is 0.333. The molecule has 1 aliphatic heterocycles. The SMILES string of the molecule is CC(C)C[C@H](NS(=O)(=O)c1ccccc1F)C(=O)NC1CCN(C(=O)Cc2cccc(-c3ccccn3)c2)CC1=O. The Hall–Kier alpha value is -3.96. The zero-order valence-corrected chi connectivity index (χ0v) is 23.7. The lowest BCUT2D eigenvalue weighted by molar-refractivity contribution is -0.139. The van der Waals surface area contributed by atoms with Gasteiger partial charge in [-0.2, -0.15) is 4.72 Å². The largest absolute Gasteiger partial charge is 0.345 e. The van der Waals surface area contributed by atoms with Gasteiger partial charge < -0.3 is 10.2 Å². The molecule has 11 heteroatoms. The third kappa shape index (κ3) is 7.83. The summed E-state index contributed by atoms with van der Waals surface area (Å²) in [5.41, 5.74) is 2.47. The standard InChI is InChI=1S/C30H33FN4O5S/c1-20(2)16-26(34-41(39,40)28-12-4-3-10-23(28)31)30(38)33-25-13-15-35(19-27(25)36)29(37)18-21-8-7-9-22(17-21)24-11-5-6-14-32-24/h3-12,14,17,20,25-26,34H,13,15-16,18-19H2,1-2H3,(H,33,38)/t25?,26-/m0/s1. The van der Waals surface area contributed by atoms with Crippen molar-refractivity contribution < 1.29 is 27.2 Å². The van der Waals surface area contributed by atoms with E-state index in [-0.39, 0.29) is 50.0 Å². The quantitative estimate of drug-likeness (QED) is 0.380. The van der Waals surface area contributed by atoms with E-state index in [1.54, 1.807) is 6.20 Å². The molecule has 2 N–H and O–H groups in total. The van der Waals surface area contributed by atoms with Gasteiger partial charge in [-0.25, -0.2) is 12.8 Å². The zero-order chi connectivity index (χ0) is 29.6. The lowest BCUT2D eigenvalue weighted by Crippen LogP contribution is -2.57. The number of amides is 2. The summed E-state index contributed by atoms with van der Waals surface area (Å²) in [6, 6.07) is 15.9. The van der Waals surface area contributed by atoms with Crippen LogP contribution in [0, 0.1) is 11.7 Å². The summed E-state index contributed by atoms with van der Waals surface area (Å²) in [5.74, 6) is -2.24. The van der Waals surface area contributed by atoms with Crippen molar-refractivity contribution in [2.24, 2.45) is 5.92 Å². The first-order valence-corrected chi connectivity index (χ1v) is 14.9. The first kappa shape index (κ1) is 30.0. The van der Waals surface area contributed by atoms with Gasteiger partial charge in [0, 0.05) is 18.3 Å². The molecule has 1 fully saturated rings. The van der Waals surface area contributed by atoms with Crippen molar-refractivity contribution in [2.75, 3.05) is 13.1 Å². The fourth-order valence-electron chi connectivity index (χ4n) is 4.72. The number of piperidine rings is 1. The van der Waals surface area contributed by atoms with Gasteiger partial charge in [0.25, 0.3) is 0 Å². The van der Waals surface area contributed by atoms with Gasteiger partial charge >= 0.3 is 0 Å².